The summed E-state index contributed by atoms with van der Waals surface area (Å²) in [5.74, 6) is 0.458. The molecule has 1 atom stereocenters. The van der Waals surface area contributed by atoms with Gasteiger partial charge in [0.25, 0.3) is 0 Å². The maximum absolute atomic E-state index is 13.2. The van der Waals surface area contributed by atoms with Crippen molar-refractivity contribution < 1.29 is 8.81 Å². The number of benzene rings is 1. The molecule has 1 aromatic heterocycles. The van der Waals surface area contributed by atoms with Gasteiger partial charge < -0.3 is 9.73 Å². The second kappa shape index (κ2) is 7.25. The Bertz CT molecular complexity index is 573. The molecule has 0 aliphatic heterocycles. The maximum atomic E-state index is 13.2. The Morgan fingerprint density at radius 3 is 2.75 bits per heavy atom. The predicted molar refractivity (Wildman–Crippen MR) is 82.6 cm³/mol. The lowest BCUT2D eigenvalue weighted by Crippen LogP contribution is -2.23. The predicted octanol–water partition coefficient (Wildman–Crippen LogP) is 5.12. The summed E-state index contributed by atoms with van der Waals surface area (Å²) < 4.78 is 19.5. The number of halogens is 3. The molecule has 20 heavy (non-hydrogen) atoms. The van der Waals surface area contributed by atoms with Crippen molar-refractivity contribution in [1.29, 1.82) is 0 Å². The summed E-state index contributed by atoms with van der Waals surface area (Å²) in [4.78, 5) is 0. The fourth-order valence-electron chi connectivity index (χ4n) is 2.01. The monoisotopic (exact) mass is 359 g/mol. The Balaban J connectivity index is 2.16. The van der Waals surface area contributed by atoms with Gasteiger partial charge in [0, 0.05) is 0 Å². The molecule has 1 N–H and O–H groups in total. The minimum Gasteiger partial charge on any atom is -0.453 e. The Kier molecular flexibility index (Phi) is 5.64. The molecule has 0 aliphatic rings. The molecule has 1 unspecified atom stereocenters. The highest BCUT2D eigenvalue weighted by Gasteiger charge is 2.16. The first-order valence-corrected chi connectivity index (χ1v) is 7.69. The van der Waals surface area contributed by atoms with Crippen LogP contribution in [0.5, 0.6) is 0 Å². The Labute approximate surface area is 131 Å². The molecule has 1 aromatic carbocycles. The summed E-state index contributed by atoms with van der Waals surface area (Å²) in [5.41, 5.74) is 0.970. The van der Waals surface area contributed by atoms with Crippen molar-refractivity contribution in [2.45, 2.75) is 25.8 Å². The van der Waals surface area contributed by atoms with E-state index in [1.807, 2.05) is 12.1 Å². The molecule has 108 valence electrons. The van der Waals surface area contributed by atoms with Crippen molar-refractivity contribution in [1.82, 2.24) is 5.32 Å². The van der Waals surface area contributed by atoms with Gasteiger partial charge in [-0.05, 0) is 65.1 Å². The van der Waals surface area contributed by atoms with E-state index in [2.05, 4.69) is 28.2 Å². The highest BCUT2D eigenvalue weighted by atomic mass is 79.9. The molecule has 2 nitrogen and oxygen atoms in total. The van der Waals surface area contributed by atoms with E-state index < -0.39 is 5.82 Å². The van der Waals surface area contributed by atoms with Crippen LogP contribution in [0.15, 0.2) is 39.4 Å². The van der Waals surface area contributed by atoms with Crippen molar-refractivity contribution in [3.8, 4) is 0 Å². The molecular formula is C15H16BrClFNO. The van der Waals surface area contributed by atoms with Gasteiger partial charge in [0.2, 0.25) is 0 Å². The highest BCUT2D eigenvalue weighted by molar-refractivity contribution is 9.10. The fourth-order valence-corrected chi connectivity index (χ4v) is 2.53. The summed E-state index contributed by atoms with van der Waals surface area (Å²) in [6.07, 6.45) is 1.72. The molecule has 0 bridgehead atoms. The van der Waals surface area contributed by atoms with E-state index in [1.165, 1.54) is 6.07 Å². The number of furan rings is 1. The molecule has 2 rings (SSSR count). The number of rotatable bonds is 6. The Hall–Kier alpha value is -0.840. The second-order valence-corrected chi connectivity index (χ2v) is 5.79. The highest BCUT2D eigenvalue weighted by Crippen LogP contribution is 2.25. The quantitative estimate of drug-likeness (QED) is 0.773. The van der Waals surface area contributed by atoms with Gasteiger partial charge >= 0.3 is 0 Å². The van der Waals surface area contributed by atoms with E-state index >= 15 is 0 Å². The van der Waals surface area contributed by atoms with E-state index in [4.69, 9.17) is 16.0 Å². The average Bonchev–Trinajstić information content (AvgIpc) is 2.85. The van der Waals surface area contributed by atoms with Gasteiger partial charge in [-0.2, -0.15) is 0 Å². The van der Waals surface area contributed by atoms with Crippen LogP contribution in [0.4, 0.5) is 4.39 Å². The van der Waals surface area contributed by atoms with Crippen LogP contribution < -0.4 is 5.32 Å². The number of hydrogen-bond acceptors (Lipinski definition) is 2. The minimum atomic E-state index is -0.394. The van der Waals surface area contributed by atoms with Crippen LogP contribution in [0.25, 0.3) is 0 Å². The van der Waals surface area contributed by atoms with E-state index in [1.54, 1.807) is 12.1 Å². The molecule has 0 saturated carbocycles. The van der Waals surface area contributed by atoms with Gasteiger partial charge in [0.15, 0.2) is 4.67 Å². The standard InChI is InChI=1S/C15H16BrClFNO/c1-2-7-19-13(14-5-6-15(16)20-14)9-10-3-4-12(18)11(17)8-10/h3-6,8,13,19H,2,7,9H2,1H3. The number of hydrogen-bond donors (Lipinski definition) is 1. The lowest BCUT2D eigenvalue weighted by Gasteiger charge is -2.16. The average molecular weight is 361 g/mol. The lowest BCUT2D eigenvalue weighted by atomic mass is 10.0. The van der Waals surface area contributed by atoms with E-state index in [-0.39, 0.29) is 11.1 Å². The second-order valence-electron chi connectivity index (χ2n) is 4.60. The smallest absolute Gasteiger partial charge is 0.169 e. The zero-order chi connectivity index (χ0) is 14.5. The van der Waals surface area contributed by atoms with Gasteiger partial charge in [-0.15, -0.1) is 0 Å². The van der Waals surface area contributed by atoms with Gasteiger partial charge in [-0.3, -0.25) is 0 Å². The summed E-state index contributed by atoms with van der Waals surface area (Å²) in [5, 5.41) is 3.58. The SMILES string of the molecule is CCCNC(Cc1ccc(F)c(Cl)c1)c1ccc(Br)o1. The summed E-state index contributed by atoms with van der Waals surface area (Å²) >= 11 is 9.14. The van der Waals surface area contributed by atoms with Crippen molar-refractivity contribution in [2.75, 3.05) is 6.54 Å². The van der Waals surface area contributed by atoms with Crippen LogP contribution in [-0.4, -0.2) is 6.54 Å². The molecule has 5 heteroatoms. The van der Waals surface area contributed by atoms with Crippen LogP contribution in [0, 0.1) is 5.82 Å². The zero-order valence-electron chi connectivity index (χ0n) is 11.1. The molecule has 0 aliphatic carbocycles. The molecule has 0 fully saturated rings. The molecular weight excluding hydrogens is 345 g/mol. The van der Waals surface area contributed by atoms with Crippen molar-refractivity contribution >= 4 is 27.5 Å². The summed E-state index contributed by atoms with van der Waals surface area (Å²) in [7, 11) is 0. The van der Waals surface area contributed by atoms with Crippen LogP contribution in [0.3, 0.4) is 0 Å². The largest absolute Gasteiger partial charge is 0.453 e. The minimum absolute atomic E-state index is 0.0442. The first-order valence-electron chi connectivity index (χ1n) is 6.52. The molecule has 0 amide bonds. The lowest BCUT2D eigenvalue weighted by molar-refractivity contribution is 0.400. The van der Waals surface area contributed by atoms with E-state index in [0.717, 1.165) is 24.3 Å². The van der Waals surface area contributed by atoms with Crippen LogP contribution in [0.1, 0.15) is 30.7 Å². The number of nitrogens with one attached hydrogen (secondary N) is 1. The van der Waals surface area contributed by atoms with Crippen LogP contribution in [0.2, 0.25) is 5.02 Å². The molecule has 0 radical (unpaired) electrons. The first kappa shape index (κ1) is 15.5. The Morgan fingerprint density at radius 2 is 2.15 bits per heavy atom. The van der Waals surface area contributed by atoms with E-state index in [0.29, 0.717) is 11.1 Å². The molecule has 0 spiro atoms. The van der Waals surface area contributed by atoms with Gasteiger partial charge in [0.05, 0.1) is 11.1 Å². The third-order valence-electron chi connectivity index (χ3n) is 3.00. The molecule has 0 saturated heterocycles. The van der Waals surface area contributed by atoms with Gasteiger partial charge in [-0.1, -0.05) is 24.6 Å². The van der Waals surface area contributed by atoms with Crippen LogP contribution in [-0.2, 0) is 6.42 Å². The molecule has 1 heterocycles. The maximum Gasteiger partial charge on any atom is 0.169 e. The Morgan fingerprint density at radius 1 is 1.35 bits per heavy atom. The fraction of sp³-hybridized carbons (Fsp3) is 0.333. The van der Waals surface area contributed by atoms with Crippen molar-refractivity contribution in [3.05, 3.63) is 57.2 Å². The first-order chi connectivity index (χ1) is 9.60. The van der Waals surface area contributed by atoms with Crippen molar-refractivity contribution in [3.63, 3.8) is 0 Å². The summed E-state index contributed by atoms with van der Waals surface area (Å²) in [6.45, 7) is 2.99. The zero-order valence-corrected chi connectivity index (χ0v) is 13.5. The summed E-state index contributed by atoms with van der Waals surface area (Å²) in [6, 6.07) is 8.65. The van der Waals surface area contributed by atoms with Gasteiger partial charge in [-0.25, -0.2) is 4.39 Å². The molecule has 2 aromatic rings. The van der Waals surface area contributed by atoms with Crippen molar-refractivity contribution in [2.24, 2.45) is 0 Å². The topological polar surface area (TPSA) is 25.2 Å². The third kappa shape index (κ3) is 4.08. The van der Waals surface area contributed by atoms with E-state index in [9.17, 15) is 4.39 Å². The van der Waals surface area contributed by atoms with Crippen LogP contribution >= 0.6 is 27.5 Å². The van der Waals surface area contributed by atoms with Gasteiger partial charge in [0.1, 0.15) is 11.6 Å². The third-order valence-corrected chi connectivity index (χ3v) is 3.72. The normalized spacial score (nSPS) is 12.6.